The number of rotatable bonds is 4. The maximum absolute atomic E-state index is 11.7. The van der Waals surface area contributed by atoms with Crippen LogP contribution in [-0.2, 0) is 4.79 Å². The zero-order valence-corrected chi connectivity index (χ0v) is 13.5. The summed E-state index contributed by atoms with van der Waals surface area (Å²) in [5.41, 5.74) is 3.46. The molecule has 2 aromatic carbocycles. The molecular formula is C15H12Cl2N2OS. The van der Waals surface area contributed by atoms with E-state index in [4.69, 9.17) is 23.2 Å². The zero-order chi connectivity index (χ0) is 15.2. The first-order valence-corrected chi connectivity index (χ1v) is 7.66. The van der Waals surface area contributed by atoms with Crippen LogP contribution >= 0.6 is 35.0 Å². The second-order valence-electron chi connectivity index (χ2n) is 4.12. The minimum atomic E-state index is -0.130. The van der Waals surface area contributed by atoms with Gasteiger partial charge in [-0.25, -0.2) is 0 Å². The number of hydrazone groups is 1. The van der Waals surface area contributed by atoms with E-state index in [2.05, 4.69) is 10.5 Å². The van der Waals surface area contributed by atoms with Crippen LogP contribution < -0.4 is 5.43 Å². The highest BCUT2D eigenvalue weighted by Crippen LogP contribution is 2.24. The third-order valence-electron chi connectivity index (χ3n) is 2.48. The summed E-state index contributed by atoms with van der Waals surface area (Å²) in [6.45, 7) is 1.47. The molecule has 108 valence electrons. The van der Waals surface area contributed by atoms with Crippen molar-refractivity contribution in [1.82, 2.24) is 0 Å². The Kier molecular flexibility index (Phi) is 5.67. The van der Waals surface area contributed by atoms with Crippen LogP contribution in [0.25, 0.3) is 0 Å². The predicted octanol–water partition coefficient (Wildman–Crippen LogP) is 5.10. The molecule has 0 aliphatic heterocycles. The molecule has 2 aromatic rings. The Balaban J connectivity index is 2.15. The normalized spacial score (nSPS) is 11.3. The molecule has 21 heavy (non-hydrogen) atoms. The lowest BCUT2D eigenvalue weighted by atomic mass is 10.3. The quantitative estimate of drug-likeness (QED) is 0.365. The summed E-state index contributed by atoms with van der Waals surface area (Å²) in [6.07, 6.45) is 0. The number of carbonyl (C=O) groups excluding carboxylic acids is 1. The second-order valence-corrected chi connectivity index (χ2v) is 6.03. The topological polar surface area (TPSA) is 41.5 Å². The van der Waals surface area contributed by atoms with Crippen molar-refractivity contribution in [3.63, 3.8) is 0 Å². The maximum Gasteiger partial charge on any atom is 0.186 e. The largest absolute Gasteiger partial charge is 0.292 e. The van der Waals surface area contributed by atoms with Crippen molar-refractivity contribution in [2.24, 2.45) is 5.10 Å². The van der Waals surface area contributed by atoms with Crippen LogP contribution in [0.4, 0.5) is 5.69 Å². The van der Waals surface area contributed by atoms with Gasteiger partial charge in [-0.1, -0.05) is 47.1 Å². The Morgan fingerprint density at radius 1 is 1.10 bits per heavy atom. The highest BCUT2D eigenvalue weighted by molar-refractivity contribution is 8.15. The van der Waals surface area contributed by atoms with Gasteiger partial charge >= 0.3 is 0 Å². The van der Waals surface area contributed by atoms with Crippen molar-refractivity contribution in [3.8, 4) is 0 Å². The monoisotopic (exact) mass is 338 g/mol. The second kappa shape index (κ2) is 7.50. The zero-order valence-electron chi connectivity index (χ0n) is 11.1. The Hall–Kier alpha value is -1.49. The number of hydrogen-bond acceptors (Lipinski definition) is 4. The first kappa shape index (κ1) is 15.9. The standard InChI is InChI=1S/C15H12Cl2N2OS/c1-10(20)15(21-12-8-6-11(16)7-9-12)19-18-14-5-3-2-4-13(14)17/h2-9,18H,1H3. The van der Waals surface area contributed by atoms with Crippen LogP contribution in [-0.4, -0.2) is 10.8 Å². The summed E-state index contributed by atoms with van der Waals surface area (Å²) in [7, 11) is 0. The lowest BCUT2D eigenvalue weighted by Crippen LogP contribution is -2.08. The molecule has 6 heteroatoms. The van der Waals surface area contributed by atoms with E-state index in [1.807, 2.05) is 24.3 Å². The molecule has 0 aliphatic rings. The molecule has 0 aromatic heterocycles. The highest BCUT2D eigenvalue weighted by atomic mass is 35.5. The Labute approximate surface area is 137 Å². The number of thioether (sulfide) groups is 1. The number of nitrogens with one attached hydrogen (secondary N) is 1. The van der Waals surface area contributed by atoms with Gasteiger partial charge in [-0.15, -0.1) is 0 Å². The summed E-state index contributed by atoms with van der Waals surface area (Å²) < 4.78 is 0. The van der Waals surface area contributed by atoms with Gasteiger partial charge in [0.2, 0.25) is 0 Å². The molecule has 0 atom stereocenters. The average molecular weight is 339 g/mol. The van der Waals surface area contributed by atoms with Gasteiger partial charge in [0.25, 0.3) is 0 Å². The number of halogens is 2. The summed E-state index contributed by atoms with van der Waals surface area (Å²) >= 11 is 13.1. The van der Waals surface area contributed by atoms with Crippen molar-refractivity contribution in [2.75, 3.05) is 5.43 Å². The highest BCUT2D eigenvalue weighted by Gasteiger charge is 2.09. The van der Waals surface area contributed by atoms with E-state index in [1.54, 1.807) is 24.3 Å². The van der Waals surface area contributed by atoms with Gasteiger partial charge in [0.05, 0.1) is 10.7 Å². The maximum atomic E-state index is 11.7. The van der Waals surface area contributed by atoms with E-state index in [0.29, 0.717) is 20.8 Å². The van der Waals surface area contributed by atoms with Crippen LogP contribution in [0, 0.1) is 0 Å². The van der Waals surface area contributed by atoms with Crippen LogP contribution in [0.2, 0.25) is 10.0 Å². The number of Topliss-reactive ketones (excluding diaryl/α,β-unsaturated/α-hetero) is 1. The van der Waals surface area contributed by atoms with Crippen molar-refractivity contribution in [3.05, 3.63) is 58.6 Å². The van der Waals surface area contributed by atoms with Crippen LogP contribution in [0.15, 0.2) is 58.5 Å². The van der Waals surface area contributed by atoms with Crippen molar-refractivity contribution >= 4 is 51.5 Å². The van der Waals surface area contributed by atoms with E-state index in [0.717, 1.165) is 4.90 Å². The summed E-state index contributed by atoms with van der Waals surface area (Å²) in [5.74, 6) is -0.130. The number of anilines is 1. The van der Waals surface area contributed by atoms with E-state index >= 15 is 0 Å². The fourth-order valence-electron chi connectivity index (χ4n) is 1.45. The summed E-state index contributed by atoms with van der Waals surface area (Å²) in [6, 6.07) is 14.4. The molecule has 0 aliphatic carbocycles. The van der Waals surface area contributed by atoms with E-state index in [-0.39, 0.29) is 5.78 Å². The lowest BCUT2D eigenvalue weighted by molar-refractivity contribution is -0.110. The number of nitrogens with zero attached hydrogens (tertiary/aromatic N) is 1. The molecular weight excluding hydrogens is 327 g/mol. The molecule has 0 unspecified atom stereocenters. The molecule has 0 spiro atoms. The molecule has 3 nitrogen and oxygen atoms in total. The molecule has 0 saturated carbocycles. The van der Waals surface area contributed by atoms with Crippen LogP contribution in [0.5, 0.6) is 0 Å². The molecule has 2 rings (SSSR count). The van der Waals surface area contributed by atoms with E-state index in [1.165, 1.54) is 18.7 Å². The molecule has 0 heterocycles. The molecule has 0 radical (unpaired) electrons. The Morgan fingerprint density at radius 2 is 1.76 bits per heavy atom. The third-order valence-corrected chi connectivity index (χ3v) is 4.14. The molecule has 1 N–H and O–H groups in total. The predicted molar refractivity (Wildman–Crippen MR) is 90.5 cm³/mol. The van der Waals surface area contributed by atoms with Crippen LogP contribution in [0.1, 0.15) is 6.92 Å². The van der Waals surface area contributed by atoms with E-state index in [9.17, 15) is 4.79 Å². The van der Waals surface area contributed by atoms with E-state index < -0.39 is 0 Å². The fraction of sp³-hybridized carbons (Fsp3) is 0.0667. The molecule has 0 amide bonds. The average Bonchev–Trinajstić information content (AvgIpc) is 2.46. The van der Waals surface area contributed by atoms with Gasteiger partial charge in [0.1, 0.15) is 0 Å². The first-order chi connectivity index (χ1) is 10.1. The molecule has 0 bridgehead atoms. The minimum Gasteiger partial charge on any atom is -0.292 e. The number of para-hydroxylation sites is 1. The van der Waals surface area contributed by atoms with Gasteiger partial charge in [0, 0.05) is 16.8 Å². The number of benzene rings is 2. The fourth-order valence-corrected chi connectivity index (χ4v) is 2.48. The smallest absolute Gasteiger partial charge is 0.186 e. The van der Waals surface area contributed by atoms with Gasteiger partial charge in [0.15, 0.2) is 10.8 Å². The van der Waals surface area contributed by atoms with Crippen molar-refractivity contribution in [2.45, 2.75) is 11.8 Å². The molecule has 0 saturated heterocycles. The molecule has 0 fully saturated rings. The number of carbonyl (C=O) groups is 1. The number of hydrogen-bond donors (Lipinski definition) is 1. The van der Waals surface area contributed by atoms with Gasteiger partial charge < -0.3 is 0 Å². The number of ketones is 1. The Bertz CT molecular complexity index is 672. The SMILES string of the molecule is CC(=O)C(=NNc1ccccc1Cl)Sc1ccc(Cl)cc1. The van der Waals surface area contributed by atoms with Gasteiger partial charge in [-0.05, 0) is 36.4 Å². The minimum absolute atomic E-state index is 0.130. The third kappa shape index (κ3) is 4.77. The Morgan fingerprint density at radius 3 is 2.38 bits per heavy atom. The van der Waals surface area contributed by atoms with Crippen LogP contribution in [0.3, 0.4) is 0 Å². The summed E-state index contributed by atoms with van der Waals surface area (Å²) in [4.78, 5) is 12.6. The van der Waals surface area contributed by atoms with Crippen molar-refractivity contribution in [1.29, 1.82) is 0 Å². The van der Waals surface area contributed by atoms with Gasteiger partial charge in [-0.2, -0.15) is 5.10 Å². The first-order valence-electron chi connectivity index (χ1n) is 6.09. The van der Waals surface area contributed by atoms with Gasteiger partial charge in [-0.3, -0.25) is 10.2 Å². The summed E-state index contributed by atoms with van der Waals surface area (Å²) in [5, 5.41) is 5.67. The lowest BCUT2D eigenvalue weighted by Gasteiger charge is -2.06. The van der Waals surface area contributed by atoms with Crippen molar-refractivity contribution < 1.29 is 4.79 Å².